The normalized spacial score (nSPS) is 23.0. The van der Waals surface area contributed by atoms with E-state index in [0.717, 1.165) is 12.0 Å². The van der Waals surface area contributed by atoms with E-state index in [4.69, 9.17) is 4.74 Å². The van der Waals surface area contributed by atoms with Gasteiger partial charge >= 0.3 is 5.97 Å². The van der Waals surface area contributed by atoms with Gasteiger partial charge in [-0.15, -0.1) is 0 Å². The average Bonchev–Trinajstić information content (AvgIpc) is 2.53. The van der Waals surface area contributed by atoms with Gasteiger partial charge < -0.3 is 14.7 Å². The topological polar surface area (TPSA) is 66.8 Å². The summed E-state index contributed by atoms with van der Waals surface area (Å²) in [6.45, 7) is 4.31. The molecule has 1 N–H and O–H groups in total. The summed E-state index contributed by atoms with van der Waals surface area (Å²) in [5, 5.41) is 9.28. The number of piperidine rings is 1. The average molecular weight is 305 g/mol. The van der Waals surface area contributed by atoms with Crippen molar-refractivity contribution in [3.63, 3.8) is 0 Å². The first-order valence-corrected chi connectivity index (χ1v) is 7.63. The number of hydrogen-bond donors (Lipinski definition) is 1. The van der Waals surface area contributed by atoms with E-state index in [1.54, 1.807) is 12.0 Å². The van der Waals surface area contributed by atoms with Crippen LogP contribution in [0.1, 0.15) is 38.2 Å². The molecule has 0 bridgehead atoms. The van der Waals surface area contributed by atoms with Gasteiger partial charge in [0.05, 0.1) is 18.9 Å². The Morgan fingerprint density at radius 1 is 1.41 bits per heavy atom. The fourth-order valence-corrected chi connectivity index (χ4v) is 3.09. The molecule has 0 saturated carbocycles. The number of amides is 1. The second-order valence-electron chi connectivity index (χ2n) is 5.86. The van der Waals surface area contributed by atoms with Gasteiger partial charge in [0.2, 0.25) is 5.91 Å². The van der Waals surface area contributed by atoms with Crippen LogP contribution in [-0.4, -0.2) is 41.6 Å². The predicted molar refractivity (Wildman–Crippen MR) is 82.9 cm³/mol. The van der Waals surface area contributed by atoms with Gasteiger partial charge in [0.25, 0.3) is 0 Å². The number of methoxy groups -OCH3 is 1. The highest BCUT2D eigenvalue weighted by Gasteiger charge is 2.36. The zero-order valence-electron chi connectivity index (χ0n) is 13.3. The quantitative estimate of drug-likeness (QED) is 0.928. The standard InChI is InChI=1S/C17H23NO4/c1-11(13-6-4-7-14(10-13)22-3)16(19)18-9-5-8-15(12(18)2)17(20)21/h4,6-7,10-12,15H,5,8-9H2,1-3H3,(H,20,21)/t11?,12-,15-/m0/s1. The first-order chi connectivity index (χ1) is 10.5. The molecular weight excluding hydrogens is 282 g/mol. The number of likely N-dealkylation sites (tertiary alicyclic amines) is 1. The lowest BCUT2D eigenvalue weighted by Crippen LogP contribution is -2.50. The second kappa shape index (κ2) is 6.81. The second-order valence-corrected chi connectivity index (χ2v) is 5.86. The molecule has 120 valence electrons. The lowest BCUT2D eigenvalue weighted by molar-refractivity contribution is -0.149. The number of carbonyl (C=O) groups is 2. The van der Waals surface area contributed by atoms with Crippen LogP contribution in [0.2, 0.25) is 0 Å². The number of benzene rings is 1. The van der Waals surface area contributed by atoms with Gasteiger partial charge in [-0.1, -0.05) is 12.1 Å². The van der Waals surface area contributed by atoms with Crippen LogP contribution in [0.15, 0.2) is 24.3 Å². The monoisotopic (exact) mass is 305 g/mol. The summed E-state index contributed by atoms with van der Waals surface area (Å²) in [7, 11) is 1.59. The Morgan fingerprint density at radius 3 is 2.77 bits per heavy atom. The third kappa shape index (κ3) is 3.24. The molecule has 22 heavy (non-hydrogen) atoms. The summed E-state index contributed by atoms with van der Waals surface area (Å²) < 4.78 is 5.20. The SMILES string of the molecule is COc1cccc(C(C)C(=O)N2CCC[C@H](C(=O)O)[C@@H]2C)c1. The van der Waals surface area contributed by atoms with Crippen molar-refractivity contribution in [2.24, 2.45) is 5.92 Å². The summed E-state index contributed by atoms with van der Waals surface area (Å²) in [5.41, 5.74) is 0.883. The maximum Gasteiger partial charge on any atom is 0.308 e. The minimum absolute atomic E-state index is 0.0216. The molecule has 1 unspecified atom stereocenters. The highest BCUT2D eigenvalue weighted by Crippen LogP contribution is 2.28. The van der Waals surface area contributed by atoms with E-state index in [0.29, 0.717) is 18.7 Å². The van der Waals surface area contributed by atoms with E-state index >= 15 is 0 Å². The van der Waals surface area contributed by atoms with Gasteiger partial charge in [-0.25, -0.2) is 0 Å². The maximum absolute atomic E-state index is 12.8. The predicted octanol–water partition coefficient (Wildman–Crippen LogP) is 2.51. The van der Waals surface area contributed by atoms with Gasteiger partial charge in [0.15, 0.2) is 0 Å². The summed E-state index contributed by atoms with van der Waals surface area (Å²) in [6, 6.07) is 7.18. The molecule has 1 amide bonds. The van der Waals surface area contributed by atoms with E-state index in [1.807, 2.05) is 38.1 Å². The van der Waals surface area contributed by atoms with Gasteiger partial charge in [-0.2, -0.15) is 0 Å². The van der Waals surface area contributed by atoms with Gasteiger partial charge in [0, 0.05) is 12.6 Å². The highest BCUT2D eigenvalue weighted by atomic mass is 16.5. The molecule has 0 aromatic heterocycles. The number of nitrogens with zero attached hydrogens (tertiary/aromatic N) is 1. The van der Waals surface area contributed by atoms with Crippen LogP contribution in [0.4, 0.5) is 0 Å². The van der Waals surface area contributed by atoms with Crippen LogP contribution >= 0.6 is 0 Å². The van der Waals surface area contributed by atoms with Gasteiger partial charge in [0.1, 0.15) is 5.75 Å². The Balaban J connectivity index is 2.17. The molecule has 0 spiro atoms. The third-order valence-corrected chi connectivity index (χ3v) is 4.55. The Morgan fingerprint density at radius 2 is 2.14 bits per heavy atom. The fraction of sp³-hybridized carbons (Fsp3) is 0.529. The lowest BCUT2D eigenvalue weighted by Gasteiger charge is -2.39. The van der Waals surface area contributed by atoms with Gasteiger partial charge in [-0.05, 0) is 44.4 Å². The zero-order chi connectivity index (χ0) is 16.3. The smallest absolute Gasteiger partial charge is 0.308 e. The van der Waals surface area contributed by atoms with Crippen LogP contribution in [0, 0.1) is 5.92 Å². The van der Waals surface area contributed by atoms with Crippen LogP contribution in [-0.2, 0) is 9.59 Å². The van der Waals surface area contributed by atoms with Gasteiger partial charge in [-0.3, -0.25) is 9.59 Å². The van der Waals surface area contributed by atoms with Crippen molar-refractivity contribution in [2.45, 2.75) is 38.6 Å². The molecule has 1 aliphatic rings. The Labute approximate surface area is 130 Å². The fourth-order valence-electron chi connectivity index (χ4n) is 3.09. The van der Waals surface area contributed by atoms with E-state index in [2.05, 4.69) is 0 Å². The highest BCUT2D eigenvalue weighted by molar-refractivity contribution is 5.84. The molecule has 1 heterocycles. The Kier molecular flexibility index (Phi) is 5.06. The molecular formula is C17H23NO4. The van der Waals surface area contributed by atoms with E-state index in [1.165, 1.54) is 0 Å². The largest absolute Gasteiger partial charge is 0.497 e. The molecule has 5 heteroatoms. The summed E-state index contributed by atoms with van der Waals surface area (Å²) in [6.07, 6.45) is 1.37. The van der Waals surface area contributed by atoms with Crippen molar-refractivity contribution in [3.8, 4) is 5.75 Å². The summed E-state index contributed by atoms with van der Waals surface area (Å²) >= 11 is 0. The molecule has 5 nitrogen and oxygen atoms in total. The minimum Gasteiger partial charge on any atom is -0.497 e. The van der Waals surface area contributed by atoms with E-state index in [-0.39, 0.29) is 17.9 Å². The summed E-state index contributed by atoms with van der Waals surface area (Å²) in [5.74, 6) is -0.918. The van der Waals surface area contributed by atoms with E-state index in [9.17, 15) is 14.7 Å². The molecule has 1 aliphatic heterocycles. The Hall–Kier alpha value is -2.04. The van der Waals surface area contributed by atoms with Crippen molar-refractivity contribution in [1.29, 1.82) is 0 Å². The molecule has 1 saturated heterocycles. The maximum atomic E-state index is 12.8. The number of carboxylic acid groups (broad SMARTS) is 1. The van der Waals surface area contributed by atoms with Crippen molar-refractivity contribution in [1.82, 2.24) is 4.90 Å². The van der Waals surface area contributed by atoms with Crippen molar-refractivity contribution in [3.05, 3.63) is 29.8 Å². The number of rotatable bonds is 4. The number of ether oxygens (including phenoxy) is 1. The number of aliphatic carboxylic acids is 1. The lowest BCUT2D eigenvalue weighted by atomic mass is 9.88. The first-order valence-electron chi connectivity index (χ1n) is 7.63. The van der Waals surface area contributed by atoms with Crippen molar-refractivity contribution in [2.75, 3.05) is 13.7 Å². The van der Waals surface area contributed by atoms with Crippen LogP contribution in [0.5, 0.6) is 5.75 Å². The Bertz CT molecular complexity index is 557. The molecule has 1 aromatic rings. The molecule has 1 fully saturated rings. The molecule has 1 aromatic carbocycles. The van der Waals surface area contributed by atoms with Crippen LogP contribution in [0.25, 0.3) is 0 Å². The molecule has 0 aliphatic carbocycles. The zero-order valence-corrected chi connectivity index (χ0v) is 13.3. The van der Waals surface area contributed by atoms with Crippen molar-refractivity contribution < 1.29 is 19.4 Å². The summed E-state index contributed by atoms with van der Waals surface area (Å²) in [4.78, 5) is 25.8. The van der Waals surface area contributed by atoms with Crippen LogP contribution in [0.3, 0.4) is 0 Å². The number of hydrogen-bond acceptors (Lipinski definition) is 3. The third-order valence-electron chi connectivity index (χ3n) is 4.55. The number of carbonyl (C=O) groups excluding carboxylic acids is 1. The molecule has 0 radical (unpaired) electrons. The molecule has 3 atom stereocenters. The van der Waals surface area contributed by atoms with Crippen molar-refractivity contribution >= 4 is 11.9 Å². The van der Waals surface area contributed by atoms with E-state index < -0.39 is 11.9 Å². The molecule has 2 rings (SSSR count). The van der Waals surface area contributed by atoms with Crippen LogP contribution < -0.4 is 4.74 Å². The number of carboxylic acids is 1. The minimum atomic E-state index is -0.820. The first kappa shape index (κ1) is 16.3.